The molecule has 2 aromatic rings. The van der Waals surface area contributed by atoms with Crippen LogP contribution in [0.4, 0.5) is 0 Å². The van der Waals surface area contributed by atoms with Gasteiger partial charge in [-0.3, -0.25) is 0 Å². The molecule has 392 valence electrons. The Labute approximate surface area is 422 Å². The fourth-order valence-electron chi connectivity index (χ4n) is 9.44. The van der Waals surface area contributed by atoms with Crippen molar-refractivity contribution in [3.8, 4) is 11.5 Å². The van der Waals surface area contributed by atoms with Crippen LogP contribution in [0, 0.1) is 0 Å². The Bertz CT molecular complexity index is 1530. The minimum atomic E-state index is -3.80. The van der Waals surface area contributed by atoms with Crippen molar-refractivity contribution in [2.45, 2.75) is 301 Å². The van der Waals surface area contributed by atoms with Crippen LogP contribution in [0.5, 0.6) is 11.5 Å². The maximum atomic E-state index is 13.2. The Morgan fingerprint density at radius 3 is 1.13 bits per heavy atom. The summed E-state index contributed by atoms with van der Waals surface area (Å²) in [5.41, 5.74) is 0.501. The highest BCUT2D eigenvalue weighted by Gasteiger charge is 2.24. The fourth-order valence-corrected chi connectivity index (χ4v) is 10.7. The standard InChI is InChI=1S/C62H108O5S/c1-4-7-10-13-16-19-21-23-25-27-29-31-34-37-40-43-54-66-59-51-50-58(61(56-59)67-55-44-41-38-35-32-30-28-26-24-22-20-17-14-11-8-5-2)49-46-57-47-52-60(53-48-57)68(64,65)62(63)45-42-39-36-33-18-15-12-9-6-3/h46-53,56,62-63H,4-45,54-55H2,1-3H3. The molecule has 68 heavy (non-hydrogen) atoms. The number of rotatable bonds is 50. The molecule has 0 aliphatic heterocycles. The van der Waals surface area contributed by atoms with Gasteiger partial charge in [0, 0.05) is 11.6 Å². The Kier molecular flexibility index (Phi) is 40.6. The molecule has 0 saturated carbocycles. The highest BCUT2D eigenvalue weighted by molar-refractivity contribution is 7.91. The molecule has 0 amide bonds. The molecule has 1 N–H and O–H groups in total. The number of aliphatic hydroxyl groups excluding tert-OH is 1. The summed E-state index contributed by atoms with van der Waals surface area (Å²) in [7, 11) is -3.80. The van der Waals surface area contributed by atoms with Gasteiger partial charge in [0.2, 0.25) is 9.84 Å². The predicted octanol–water partition coefficient (Wildman–Crippen LogP) is 20.2. The quantitative estimate of drug-likeness (QED) is 0.0528. The van der Waals surface area contributed by atoms with Gasteiger partial charge in [-0.1, -0.05) is 289 Å². The fraction of sp³-hybridized carbons (Fsp3) is 0.774. The molecule has 0 bridgehead atoms. The summed E-state index contributed by atoms with van der Waals surface area (Å²) in [5.74, 6) is 1.67. The van der Waals surface area contributed by atoms with Crippen molar-refractivity contribution in [3.05, 3.63) is 53.6 Å². The minimum Gasteiger partial charge on any atom is -0.493 e. The molecular weight excluding hydrogens is 857 g/mol. The second-order valence-electron chi connectivity index (χ2n) is 20.5. The number of unbranched alkanes of at least 4 members (excludes halogenated alkanes) is 38. The Morgan fingerprint density at radius 1 is 0.412 bits per heavy atom. The maximum absolute atomic E-state index is 13.2. The van der Waals surface area contributed by atoms with Crippen molar-refractivity contribution < 1.29 is 23.0 Å². The van der Waals surface area contributed by atoms with Crippen LogP contribution in [0.2, 0.25) is 0 Å². The van der Waals surface area contributed by atoms with E-state index >= 15 is 0 Å². The van der Waals surface area contributed by atoms with Crippen LogP contribution < -0.4 is 9.47 Å². The Balaban J connectivity index is 1.80. The third-order valence-electron chi connectivity index (χ3n) is 14.1. The van der Waals surface area contributed by atoms with Crippen molar-refractivity contribution in [3.63, 3.8) is 0 Å². The van der Waals surface area contributed by atoms with Crippen LogP contribution in [-0.4, -0.2) is 32.2 Å². The van der Waals surface area contributed by atoms with Crippen LogP contribution in [0.1, 0.15) is 302 Å². The number of hydrogen-bond donors (Lipinski definition) is 1. The molecule has 1 unspecified atom stereocenters. The van der Waals surface area contributed by atoms with E-state index in [2.05, 4.69) is 26.8 Å². The number of sulfone groups is 1. The van der Waals surface area contributed by atoms with Gasteiger partial charge in [-0.2, -0.15) is 0 Å². The normalized spacial score (nSPS) is 12.4. The number of aliphatic hydroxyl groups is 1. The first-order valence-corrected chi connectivity index (χ1v) is 31.1. The van der Waals surface area contributed by atoms with Crippen molar-refractivity contribution >= 4 is 22.0 Å². The summed E-state index contributed by atoms with van der Waals surface area (Å²) in [6, 6.07) is 13.0. The lowest BCUT2D eigenvalue weighted by atomic mass is 10.0. The first-order chi connectivity index (χ1) is 33.4. The first kappa shape index (κ1) is 61.8. The van der Waals surface area contributed by atoms with Crippen LogP contribution in [0.25, 0.3) is 12.2 Å². The summed E-state index contributed by atoms with van der Waals surface area (Å²) < 4.78 is 39.1. The monoisotopic (exact) mass is 965 g/mol. The van der Waals surface area contributed by atoms with Crippen LogP contribution in [0.3, 0.4) is 0 Å². The van der Waals surface area contributed by atoms with Gasteiger partial charge in [0.1, 0.15) is 11.5 Å². The molecule has 0 aromatic heterocycles. The largest absolute Gasteiger partial charge is 0.493 e. The molecule has 0 saturated heterocycles. The third kappa shape index (κ3) is 33.3. The van der Waals surface area contributed by atoms with Crippen LogP contribution >= 0.6 is 0 Å². The summed E-state index contributed by atoms with van der Waals surface area (Å²) >= 11 is 0. The van der Waals surface area contributed by atoms with E-state index < -0.39 is 15.3 Å². The van der Waals surface area contributed by atoms with Crippen LogP contribution in [-0.2, 0) is 9.84 Å². The van der Waals surface area contributed by atoms with E-state index in [0.29, 0.717) is 6.61 Å². The predicted molar refractivity (Wildman–Crippen MR) is 297 cm³/mol. The average Bonchev–Trinajstić information content (AvgIpc) is 3.35. The van der Waals surface area contributed by atoms with E-state index in [0.717, 1.165) is 61.3 Å². The lowest BCUT2D eigenvalue weighted by molar-refractivity contribution is 0.233. The Hall–Kier alpha value is -2.31. The molecule has 0 fully saturated rings. The molecule has 6 heteroatoms. The molecule has 0 heterocycles. The zero-order valence-electron chi connectivity index (χ0n) is 44.9. The van der Waals surface area contributed by atoms with Crippen molar-refractivity contribution in [1.29, 1.82) is 0 Å². The van der Waals surface area contributed by atoms with Gasteiger partial charge in [-0.15, -0.1) is 0 Å². The van der Waals surface area contributed by atoms with Gasteiger partial charge >= 0.3 is 0 Å². The lowest BCUT2D eigenvalue weighted by Gasteiger charge is -2.13. The minimum absolute atomic E-state index is 0.173. The molecule has 0 radical (unpaired) electrons. The van der Waals surface area contributed by atoms with Crippen molar-refractivity contribution in [2.75, 3.05) is 13.2 Å². The van der Waals surface area contributed by atoms with E-state index in [9.17, 15) is 13.5 Å². The molecule has 2 aromatic carbocycles. The summed E-state index contributed by atoms with van der Waals surface area (Å²) in [4.78, 5) is 0.173. The van der Waals surface area contributed by atoms with Gasteiger partial charge in [-0.05, 0) is 55.5 Å². The number of benzene rings is 2. The summed E-state index contributed by atoms with van der Waals surface area (Å²) in [6.45, 7) is 8.21. The van der Waals surface area contributed by atoms with E-state index in [-0.39, 0.29) is 11.3 Å². The van der Waals surface area contributed by atoms with Gasteiger partial charge < -0.3 is 14.6 Å². The zero-order chi connectivity index (χ0) is 48.9. The van der Waals surface area contributed by atoms with Crippen molar-refractivity contribution in [1.82, 2.24) is 0 Å². The number of ether oxygens (including phenoxy) is 2. The lowest BCUT2D eigenvalue weighted by Crippen LogP contribution is -2.20. The summed E-state index contributed by atoms with van der Waals surface area (Å²) in [6.07, 6.45) is 58.0. The molecular formula is C62H108O5S. The zero-order valence-corrected chi connectivity index (χ0v) is 45.7. The molecule has 0 aliphatic rings. The smallest absolute Gasteiger partial charge is 0.204 e. The highest BCUT2D eigenvalue weighted by Crippen LogP contribution is 2.29. The number of hydrogen-bond acceptors (Lipinski definition) is 5. The first-order valence-electron chi connectivity index (χ1n) is 29.5. The van der Waals surface area contributed by atoms with Gasteiger partial charge in [-0.25, -0.2) is 8.42 Å². The SMILES string of the molecule is CCCCCCCCCCCCCCCCCCOc1ccc(C=Cc2ccc(S(=O)(=O)C(O)CCCCCCCCCCC)cc2)c(OCCCCCCCCCCCCCCCCCC)c1. The average molecular weight is 966 g/mol. The van der Waals surface area contributed by atoms with E-state index in [1.807, 2.05) is 36.4 Å². The Morgan fingerprint density at radius 2 is 0.750 bits per heavy atom. The van der Waals surface area contributed by atoms with Gasteiger partial charge in [0.15, 0.2) is 5.44 Å². The van der Waals surface area contributed by atoms with E-state index in [1.165, 1.54) is 231 Å². The summed E-state index contributed by atoms with van der Waals surface area (Å²) in [5, 5.41) is 10.7. The second kappa shape index (κ2) is 44.6. The molecule has 0 aliphatic carbocycles. The van der Waals surface area contributed by atoms with Gasteiger partial charge in [0.05, 0.1) is 18.1 Å². The maximum Gasteiger partial charge on any atom is 0.204 e. The topological polar surface area (TPSA) is 72.8 Å². The highest BCUT2D eigenvalue weighted by atomic mass is 32.2. The molecule has 5 nitrogen and oxygen atoms in total. The molecule has 0 spiro atoms. The second-order valence-corrected chi connectivity index (χ2v) is 22.6. The molecule has 1 atom stereocenters. The van der Waals surface area contributed by atoms with Gasteiger partial charge in [0.25, 0.3) is 0 Å². The van der Waals surface area contributed by atoms with Crippen LogP contribution in [0.15, 0.2) is 47.4 Å². The molecule has 2 rings (SSSR count). The van der Waals surface area contributed by atoms with E-state index in [1.54, 1.807) is 12.1 Å². The van der Waals surface area contributed by atoms with Crippen molar-refractivity contribution in [2.24, 2.45) is 0 Å². The van der Waals surface area contributed by atoms with E-state index in [4.69, 9.17) is 9.47 Å². The third-order valence-corrected chi connectivity index (χ3v) is 16.0.